The number of carbonyl (C=O) groups excluding carboxylic acids is 2. The Morgan fingerprint density at radius 2 is 1.83 bits per heavy atom. The Labute approximate surface area is 139 Å². The van der Waals surface area contributed by atoms with Gasteiger partial charge in [0.2, 0.25) is 5.91 Å². The quantitative estimate of drug-likeness (QED) is 0.906. The molecule has 1 fully saturated rings. The van der Waals surface area contributed by atoms with Gasteiger partial charge in [0.05, 0.1) is 11.3 Å². The van der Waals surface area contributed by atoms with Crippen molar-refractivity contribution in [1.82, 2.24) is 4.90 Å². The van der Waals surface area contributed by atoms with Gasteiger partial charge in [-0.3, -0.25) is 14.5 Å². The van der Waals surface area contributed by atoms with E-state index in [2.05, 4.69) is 0 Å². The van der Waals surface area contributed by atoms with Gasteiger partial charge in [-0.15, -0.1) is 0 Å². The van der Waals surface area contributed by atoms with Gasteiger partial charge < -0.3 is 14.7 Å². The van der Waals surface area contributed by atoms with Crippen molar-refractivity contribution in [2.75, 3.05) is 31.1 Å². The van der Waals surface area contributed by atoms with E-state index in [0.29, 0.717) is 11.4 Å². The summed E-state index contributed by atoms with van der Waals surface area (Å²) in [6, 6.07) is 4.31. The summed E-state index contributed by atoms with van der Waals surface area (Å²) in [5.74, 6) is -1.13. The van der Waals surface area contributed by atoms with Crippen molar-refractivity contribution in [1.29, 1.82) is 0 Å². The highest BCUT2D eigenvalue weighted by Gasteiger charge is 2.29. The summed E-state index contributed by atoms with van der Waals surface area (Å²) in [5.41, 5.74) is 0.529. The zero-order valence-electron chi connectivity index (χ0n) is 13.4. The van der Waals surface area contributed by atoms with E-state index in [9.17, 15) is 14.4 Å². The molecule has 2 heterocycles. The normalized spacial score (nSPS) is 17.8. The average molecular weight is 332 g/mol. The molecule has 0 bridgehead atoms. The minimum atomic E-state index is -1.06. The zero-order chi connectivity index (χ0) is 17.1. The van der Waals surface area contributed by atoms with Crippen LogP contribution < -0.4 is 9.64 Å². The number of amides is 2. The first kappa shape index (κ1) is 16.3. The lowest BCUT2D eigenvalue weighted by molar-refractivity contribution is -0.132. The molecule has 0 aromatic heterocycles. The Morgan fingerprint density at radius 3 is 2.50 bits per heavy atom. The number of benzene rings is 1. The Bertz CT molecular complexity index is 665. The van der Waals surface area contributed by atoms with Crippen LogP contribution in [0.25, 0.3) is 0 Å². The summed E-state index contributed by atoms with van der Waals surface area (Å²) in [4.78, 5) is 39.0. The topological polar surface area (TPSA) is 87.1 Å². The number of aromatic carboxylic acids is 1. The number of hydrogen-bond donors (Lipinski definition) is 1. The molecule has 3 rings (SSSR count). The minimum Gasteiger partial charge on any atom is -0.482 e. The third-order valence-corrected chi connectivity index (χ3v) is 4.40. The predicted molar refractivity (Wildman–Crippen MR) is 86.3 cm³/mol. The van der Waals surface area contributed by atoms with Crippen LogP contribution in [0.5, 0.6) is 5.75 Å². The van der Waals surface area contributed by atoms with Gasteiger partial charge in [0.25, 0.3) is 5.91 Å². The molecule has 24 heavy (non-hydrogen) atoms. The van der Waals surface area contributed by atoms with Crippen LogP contribution in [0.2, 0.25) is 0 Å². The van der Waals surface area contributed by atoms with Gasteiger partial charge in [0, 0.05) is 13.1 Å². The van der Waals surface area contributed by atoms with Crippen LogP contribution in [-0.4, -0.2) is 54.0 Å². The van der Waals surface area contributed by atoms with Gasteiger partial charge >= 0.3 is 5.97 Å². The van der Waals surface area contributed by atoms with Crippen LogP contribution >= 0.6 is 0 Å². The molecule has 1 N–H and O–H groups in total. The number of carbonyl (C=O) groups is 3. The number of hydrogen-bond acceptors (Lipinski definition) is 4. The summed E-state index contributed by atoms with van der Waals surface area (Å²) < 4.78 is 5.32. The maximum absolute atomic E-state index is 12.5. The van der Waals surface area contributed by atoms with Crippen LogP contribution in [0.1, 0.15) is 36.0 Å². The van der Waals surface area contributed by atoms with E-state index < -0.39 is 5.97 Å². The van der Waals surface area contributed by atoms with Gasteiger partial charge in [-0.1, -0.05) is 12.8 Å². The minimum absolute atomic E-state index is 0.0401. The van der Waals surface area contributed by atoms with Gasteiger partial charge in [-0.05, 0) is 31.0 Å². The van der Waals surface area contributed by atoms with Crippen molar-refractivity contribution in [3.05, 3.63) is 23.8 Å². The summed E-state index contributed by atoms with van der Waals surface area (Å²) >= 11 is 0. The largest absolute Gasteiger partial charge is 0.482 e. The van der Waals surface area contributed by atoms with Crippen molar-refractivity contribution in [3.8, 4) is 5.75 Å². The molecule has 2 amide bonds. The number of ether oxygens (including phenoxy) is 1. The average Bonchev–Trinajstić information content (AvgIpc) is 2.86. The third-order valence-electron chi connectivity index (χ3n) is 4.40. The SMILES string of the molecule is O=C(O)c1ccc2c(c1)OCC(=O)N2CC(=O)N1CCCCCC1. The van der Waals surface area contributed by atoms with E-state index in [0.717, 1.165) is 38.8 Å². The zero-order valence-corrected chi connectivity index (χ0v) is 13.4. The van der Waals surface area contributed by atoms with Gasteiger partial charge in [0.15, 0.2) is 6.61 Å². The first-order chi connectivity index (χ1) is 11.6. The Kier molecular flexibility index (Phi) is 4.69. The van der Waals surface area contributed by atoms with E-state index >= 15 is 0 Å². The lowest BCUT2D eigenvalue weighted by Gasteiger charge is -2.31. The molecule has 0 saturated carbocycles. The molecule has 0 radical (unpaired) electrons. The second-order valence-electron chi connectivity index (χ2n) is 6.05. The molecule has 0 atom stereocenters. The van der Waals surface area contributed by atoms with E-state index in [1.165, 1.54) is 23.1 Å². The van der Waals surface area contributed by atoms with E-state index in [-0.39, 0.29) is 30.5 Å². The molecule has 7 heteroatoms. The number of rotatable bonds is 3. The van der Waals surface area contributed by atoms with Gasteiger partial charge in [-0.2, -0.15) is 0 Å². The predicted octanol–water partition coefficient (Wildman–Crippen LogP) is 1.51. The number of carboxylic acids is 1. The standard InChI is InChI=1S/C17H20N2O5/c20-15(18-7-3-1-2-4-8-18)10-19-13-6-5-12(17(22)23)9-14(13)24-11-16(19)21/h5-6,9H,1-4,7-8,10-11H2,(H,22,23). The first-order valence-corrected chi connectivity index (χ1v) is 8.14. The van der Waals surface area contributed by atoms with Crippen LogP contribution in [0, 0.1) is 0 Å². The number of anilines is 1. The smallest absolute Gasteiger partial charge is 0.335 e. The van der Waals surface area contributed by atoms with Crippen LogP contribution in [-0.2, 0) is 9.59 Å². The van der Waals surface area contributed by atoms with Gasteiger partial charge in [-0.25, -0.2) is 4.79 Å². The molecule has 0 unspecified atom stereocenters. The molecule has 1 aromatic rings. The molecular formula is C17H20N2O5. The Morgan fingerprint density at radius 1 is 1.12 bits per heavy atom. The highest BCUT2D eigenvalue weighted by atomic mass is 16.5. The molecule has 1 saturated heterocycles. The third kappa shape index (κ3) is 3.34. The van der Waals surface area contributed by atoms with Crippen molar-refractivity contribution in [2.24, 2.45) is 0 Å². The molecule has 0 aliphatic carbocycles. The van der Waals surface area contributed by atoms with Crippen LogP contribution in [0.3, 0.4) is 0 Å². The number of carboxylic acid groups (broad SMARTS) is 1. The van der Waals surface area contributed by atoms with Crippen molar-refractivity contribution in [3.63, 3.8) is 0 Å². The number of nitrogens with zero attached hydrogens (tertiary/aromatic N) is 2. The Hall–Kier alpha value is -2.57. The van der Waals surface area contributed by atoms with E-state index in [4.69, 9.17) is 9.84 Å². The van der Waals surface area contributed by atoms with Crippen molar-refractivity contribution < 1.29 is 24.2 Å². The fourth-order valence-corrected chi connectivity index (χ4v) is 3.07. The molecule has 128 valence electrons. The highest BCUT2D eigenvalue weighted by Crippen LogP contribution is 2.33. The lowest BCUT2D eigenvalue weighted by atomic mass is 10.1. The number of likely N-dealkylation sites (tertiary alicyclic amines) is 1. The van der Waals surface area contributed by atoms with E-state index in [1.807, 2.05) is 0 Å². The summed E-state index contributed by atoms with van der Waals surface area (Å²) in [6.07, 6.45) is 4.23. The summed E-state index contributed by atoms with van der Waals surface area (Å²) in [5, 5.41) is 9.05. The van der Waals surface area contributed by atoms with Crippen molar-refractivity contribution in [2.45, 2.75) is 25.7 Å². The molecular weight excluding hydrogens is 312 g/mol. The van der Waals surface area contributed by atoms with Gasteiger partial charge in [0.1, 0.15) is 12.3 Å². The molecule has 7 nitrogen and oxygen atoms in total. The first-order valence-electron chi connectivity index (χ1n) is 8.14. The summed E-state index contributed by atoms with van der Waals surface area (Å²) in [7, 11) is 0. The number of fused-ring (bicyclic) bond motifs is 1. The maximum Gasteiger partial charge on any atom is 0.335 e. The molecule has 2 aliphatic heterocycles. The second kappa shape index (κ2) is 6.90. The summed E-state index contributed by atoms with van der Waals surface area (Å²) in [6.45, 7) is 1.22. The maximum atomic E-state index is 12.5. The van der Waals surface area contributed by atoms with Crippen LogP contribution in [0.15, 0.2) is 18.2 Å². The molecule has 0 spiro atoms. The monoisotopic (exact) mass is 332 g/mol. The Balaban J connectivity index is 1.79. The second-order valence-corrected chi connectivity index (χ2v) is 6.05. The molecule has 1 aromatic carbocycles. The highest BCUT2D eigenvalue weighted by molar-refractivity contribution is 6.03. The fourth-order valence-electron chi connectivity index (χ4n) is 3.07. The van der Waals surface area contributed by atoms with Crippen LogP contribution in [0.4, 0.5) is 5.69 Å². The van der Waals surface area contributed by atoms with E-state index in [1.54, 1.807) is 4.90 Å². The van der Waals surface area contributed by atoms with Crippen molar-refractivity contribution >= 4 is 23.5 Å². The fraction of sp³-hybridized carbons (Fsp3) is 0.471. The molecule has 2 aliphatic rings. The lowest BCUT2D eigenvalue weighted by Crippen LogP contribution is -2.46.